The number of piperazine rings is 1. The molecule has 29 heavy (non-hydrogen) atoms. The van der Waals surface area contributed by atoms with Crippen LogP contribution in [0.15, 0.2) is 18.2 Å². The van der Waals surface area contributed by atoms with E-state index in [0.29, 0.717) is 24.8 Å². The van der Waals surface area contributed by atoms with Crippen molar-refractivity contribution in [2.24, 2.45) is 0 Å². The third-order valence-electron chi connectivity index (χ3n) is 5.50. The van der Waals surface area contributed by atoms with Gasteiger partial charge in [-0.2, -0.15) is 13.2 Å². The molecule has 4 rings (SSSR count). The van der Waals surface area contributed by atoms with E-state index in [2.05, 4.69) is 15.3 Å². The summed E-state index contributed by atoms with van der Waals surface area (Å²) in [7, 11) is 0. The van der Waals surface area contributed by atoms with E-state index in [-0.39, 0.29) is 35.9 Å². The number of amides is 2. The number of alkyl halides is 3. The molecule has 2 N–H and O–H groups in total. The zero-order valence-electron chi connectivity index (χ0n) is 15.8. The lowest BCUT2D eigenvalue weighted by Crippen LogP contribution is -2.54. The molecule has 2 amide bonds. The molecule has 2 fully saturated rings. The van der Waals surface area contributed by atoms with Gasteiger partial charge in [-0.1, -0.05) is 12.8 Å². The zero-order valence-corrected chi connectivity index (χ0v) is 15.8. The Bertz CT molecular complexity index is 920. The van der Waals surface area contributed by atoms with E-state index in [4.69, 9.17) is 0 Å². The molecule has 0 bridgehead atoms. The van der Waals surface area contributed by atoms with Gasteiger partial charge in [0.2, 0.25) is 17.6 Å². The number of nitrogens with one attached hydrogen (secondary N) is 2. The fraction of sp³-hybridized carbons (Fsp3) is 0.526. The van der Waals surface area contributed by atoms with Crippen molar-refractivity contribution in [1.29, 1.82) is 0 Å². The molecular weight excluding hydrogens is 387 g/mol. The molecule has 0 atom stereocenters. The molecule has 1 aliphatic heterocycles. The van der Waals surface area contributed by atoms with Gasteiger partial charge in [-0.15, -0.1) is 0 Å². The lowest BCUT2D eigenvalue weighted by atomic mass is 10.1. The lowest BCUT2D eigenvalue weighted by Gasteiger charge is -2.37. The van der Waals surface area contributed by atoms with Crippen LogP contribution >= 0.6 is 0 Å². The van der Waals surface area contributed by atoms with Crippen LogP contribution in [-0.4, -0.2) is 63.8 Å². The molecule has 156 valence electrons. The first-order chi connectivity index (χ1) is 13.8. The van der Waals surface area contributed by atoms with Crippen molar-refractivity contribution in [1.82, 2.24) is 19.8 Å². The second-order valence-electron chi connectivity index (χ2n) is 7.60. The number of aromatic nitrogens is 2. The Morgan fingerprint density at radius 1 is 1.24 bits per heavy atom. The quantitative estimate of drug-likeness (QED) is 0.814. The highest BCUT2D eigenvalue weighted by Crippen LogP contribution is 2.29. The number of nitrogens with zero attached hydrogens (tertiary/aromatic N) is 3. The van der Waals surface area contributed by atoms with Crippen LogP contribution in [0, 0.1) is 0 Å². The van der Waals surface area contributed by atoms with Gasteiger partial charge in [0.25, 0.3) is 0 Å². The summed E-state index contributed by atoms with van der Waals surface area (Å²) in [5.41, 5.74) is 0.732. The second-order valence-corrected chi connectivity index (χ2v) is 7.60. The minimum Gasteiger partial charge on any atom is -0.337 e. The minimum absolute atomic E-state index is 0.0505. The predicted molar refractivity (Wildman–Crippen MR) is 100 cm³/mol. The molecule has 1 aromatic heterocycles. The van der Waals surface area contributed by atoms with Gasteiger partial charge in [-0.3, -0.25) is 14.5 Å². The molecular formula is C19H22F3N5O2. The highest BCUT2D eigenvalue weighted by atomic mass is 19.4. The highest BCUT2D eigenvalue weighted by Gasteiger charge is 2.35. The Morgan fingerprint density at radius 2 is 2.00 bits per heavy atom. The zero-order chi connectivity index (χ0) is 20.6. The van der Waals surface area contributed by atoms with Gasteiger partial charge in [0.15, 0.2) is 0 Å². The van der Waals surface area contributed by atoms with Crippen LogP contribution in [0.25, 0.3) is 11.0 Å². The number of benzene rings is 1. The van der Waals surface area contributed by atoms with Crippen LogP contribution in [0.2, 0.25) is 0 Å². The fourth-order valence-corrected chi connectivity index (χ4v) is 4.10. The van der Waals surface area contributed by atoms with Gasteiger partial charge in [-0.25, -0.2) is 4.98 Å². The number of hydrogen-bond donors (Lipinski definition) is 2. The second kappa shape index (κ2) is 7.66. The molecule has 0 unspecified atom stereocenters. The number of carbonyl (C=O) groups excluding carboxylic acids is 2. The first-order valence-electron chi connectivity index (χ1n) is 9.68. The molecule has 1 saturated heterocycles. The summed E-state index contributed by atoms with van der Waals surface area (Å²) >= 11 is 0. The van der Waals surface area contributed by atoms with E-state index >= 15 is 0 Å². The van der Waals surface area contributed by atoms with Gasteiger partial charge in [0, 0.05) is 24.8 Å². The molecule has 2 heterocycles. The van der Waals surface area contributed by atoms with E-state index in [1.54, 1.807) is 4.90 Å². The Morgan fingerprint density at radius 3 is 2.69 bits per heavy atom. The summed E-state index contributed by atoms with van der Waals surface area (Å²) in [6, 6.07) is 4.67. The van der Waals surface area contributed by atoms with Crippen LogP contribution in [0.4, 0.5) is 18.9 Å². The number of aromatic amines is 1. The van der Waals surface area contributed by atoms with Crippen molar-refractivity contribution in [2.75, 3.05) is 31.5 Å². The van der Waals surface area contributed by atoms with E-state index in [1.807, 2.05) is 4.90 Å². The molecule has 7 nitrogen and oxygen atoms in total. The SMILES string of the molecule is O=C(CN1CCN(C2CCCC2)C(=O)C1)Nc1ccc2nc(C(F)(F)F)[nH]c2c1. The molecule has 1 aromatic carbocycles. The van der Waals surface area contributed by atoms with Crippen LogP contribution in [0.3, 0.4) is 0 Å². The third kappa shape index (κ3) is 4.36. The Labute approximate surface area is 165 Å². The van der Waals surface area contributed by atoms with Crippen molar-refractivity contribution < 1.29 is 22.8 Å². The van der Waals surface area contributed by atoms with E-state index in [0.717, 1.165) is 25.7 Å². The van der Waals surface area contributed by atoms with Crippen LogP contribution in [0.5, 0.6) is 0 Å². The fourth-order valence-electron chi connectivity index (χ4n) is 4.10. The van der Waals surface area contributed by atoms with E-state index in [1.165, 1.54) is 18.2 Å². The monoisotopic (exact) mass is 409 g/mol. The first-order valence-corrected chi connectivity index (χ1v) is 9.68. The van der Waals surface area contributed by atoms with Gasteiger partial charge in [0.05, 0.1) is 24.1 Å². The number of fused-ring (bicyclic) bond motifs is 1. The highest BCUT2D eigenvalue weighted by molar-refractivity contribution is 5.94. The molecule has 1 saturated carbocycles. The summed E-state index contributed by atoms with van der Waals surface area (Å²) in [5.74, 6) is -1.34. The summed E-state index contributed by atoms with van der Waals surface area (Å²) in [5, 5.41) is 2.68. The summed E-state index contributed by atoms with van der Waals surface area (Å²) < 4.78 is 38.3. The average Bonchev–Trinajstić information content (AvgIpc) is 3.30. The molecule has 10 heteroatoms. The van der Waals surface area contributed by atoms with Crippen molar-refractivity contribution in [3.8, 4) is 0 Å². The number of imidazole rings is 1. The summed E-state index contributed by atoms with van der Waals surface area (Å²) in [6.07, 6.45) is -0.135. The minimum atomic E-state index is -4.56. The number of H-pyrrole nitrogens is 1. The standard InChI is InChI=1S/C19H22F3N5O2/c20-19(21,22)18-24-14-6-5-12(9-15(14)25-18)23-16(28)10-26-7-8-27(17(29)11-26)13-3-1-2-4-13/h5-6,9,13H,1-4,7-8,10-11H2,(H,23,28)(H,24,25). The van der Waals surface area contributed by atoms with Crippen LogP contribution in [-0.2, 0) is 15.8 Å². The molecule has 2 aliphatic rings. The number of anilines is 1. The number of halogens is 3. The topological polar surface area (TPSA) is 81.3 Å². The molecule has 0 spiro atoms. The number of carbonyl (C=O) groups is 2. The molecule has 0 radical (unpaired) electrons. The van der Waals surface area contributed by atoms with Crippen LogP contribution < -0.4 is 5.32 Å². The van der Waals surface area contributed by atoms with Gasteiger partial charge in [-0.05, 0) is 31.0 Å². The van der Waals surface area contributed by atoms with Crippen LogP contribution in [0.1, 0.15) is 31.5 Å². The van der Waals surface area contributed by atoms with Gasteiger partial charge in [0.1, 0.15) is 0 Å². The van der Waals surface area contributed by atoms with Crippen molar-refractivity contribution in [3.05, 3.63) is 24.0 Å². The van der Waals surface area contributed by atoms with Crippen molar-refractivity contribution >= 4 is 28.5 Å². The lowest BCUT2D eigenvalue weighted by molar-refractivity contribution is -0.144. The Hall–Kier alpha value is -2.62. The number of hydrogen-bond acceptors (Lipinski definition) is 4. The number of rotatable bonds is 4. The summed E-state index contributed by atoms with van der Waals surface area (Å²) in [6.45, 7) is 1.51. The maximum atomic E-state index is 12.8. The normalized spacial score (nSPS) is 19.3. The van der Waals surface area contributed by atoms with Gasteiger partial charge >= 0.3 is 6.18 Å². The Kier molecular flexibility index (Phi) is 5.20. The Balaban J connectivity index is 1.34. The van der Waals surface area contributed by atoms with Gasteiger partial charge < -0.3 is 15.2 Å². The van der Waals surface area contributed by atoms with Crippen molar-refractivity contribution in [3.63, 3.8) is 0 Å². The molecule has 2 aromatic rings. The maximum absolute atomic E-state index is 12.8. The van der Waals surface area contributed by atoms with E-state index in [9.17, 15) is 22.8 Å². The van der Waals surface area contributed by atoms with E-state index < -0.39 is 12.0 Å². The van der Waals surface area contributed by atoms with Crippen molar-refractivity contribution in [2.45, 2.75) is 37.9 Å². The largest absolute Gasteiger partial charge is 0.449 e. The summed E-state index contributed by atoms with van der Waals surface area (Å²) in [4.78, 5) is 34.2. The predicted octanol–water partition coefficient (Wildman–Crippen LogP) is 2.61. The third-order valence-corrected chi connectivity index (χ3v) is 5.50. The smallest absolute Gasteiger partial charge is 0.337 e. The molecule has 1 aliphatic carbocycles. The maximum Gasteiger partial charge on any atom is 0.449 e. The first kappa shape index (κ1) is 19.7. The average molecular weight is 409 g/mol.